The van der Waals surface area contributed by atoms with Gasteiger partial charge in [-0.3, -0.25) is 14.5 Å². The molecule has 7 nitrogen and oxygen atoms in total. The van der Waals surface area contributed by atoms with Crippen LogP contribution in [0, 0.1) is 23.7 Å². The van der Waals surface area contributed by atoms with Gasteiger partial charge in [0.25, 0.3) is 0 Å². The third kappa shape index (κ3) is 9.87. The molecule has 0 spiro atoms. The molecule has 2 rings (SSSR count). The first-order valence-corrected chi connectivity index (χ1v) is 13.3. The number of imidazole rings is 1. The van der Waals surface area contributed by atoms with E-state index in [1.807, 2.05) is 31.8 Å². The molecule has 0 amide bonds. The summed E-state index contributed by atoms with van der Waals surface area (Å²) in [5.74, 6) is 0.0132. The molecule has 1 unspecified atom stereocenters. The number of rotatable bonds is 4. The fourth-order valence-corrected chi connectivity index (χ4v) is 5.28. The minimum atomic E-state index is -0.615. The molecule has 1 aromatic rings. The highest BCUT2D eigenvalue weighted by Gasteiger charge is 2.31. The number of aryl methyl sites for hydroxylation is 1. The molecule has 2 heterocycles. The van der Waals surface area contributed by atoms with Crippen LogP contribution in [0.25, 0.3) is 0 Å². The van der Waals surface area contributed by atoms with Crippen molar-refractivity contribution in [1.82, 2.24) is 19.4 Å². The maximum Gasteiger partial charge on any atom is 0.316 e. The third-order valence-electron chi connectivity index (χ3n) is 6.93. The molecule has 0 bridgehead atoms. The van der Waals surface area contributed by atoms with Crippen molar-refractivity contribution in [2.45, 2.75) is 72.8 Å². The molecule has 1 saturated heterocycles. The van der Waals surface area contributed by atoms with Crippen LogP contribution >= 0.6 is 0 Å². The zero-order valence-electron chi connectivity index (χ0n) is 22.5. The van der Waals surface area contributed by atoms with Gasteiger partial charge in [0, 0.05) is 45.3 Å². The number of likely N-dealkylation sites (N-methyl/N-ethyl adjacent to an activating group) is 1. The first-order chi connectivity index (χ1) is 16.2. The summed E-state index contributed by atoms with van der Waals surface area (Å²) in [6, 6.07) is 0. The number of esters is 1. The van der Waals surface area contributed by atoms with Gasteiger partial charge in [-0.1, -0.05) is 34.1 Å². The van der Waals surface area contributed by atoms with Gasteiger partial charge in [-0.25, -0.2) is 4.98 Å². The van der Waals surface area contributed by atoms with Gasteiger partial charge >= 0.3 is 5.97 Å². The number of cyclic esters (lactones) is 1. The maximum atomic E-state index is 13.1. The van der Waals surface area contributed by atoms with E-state index >= 15 is 0 Å². The lowest BCUT2D eigenvalue weighted by Gasteiger charge is -2.28. The van der Waals surface area contributed by atoms with E-state index in [0.717, 1.165) is 70.5 Å². The predicted molar refractivity (Wildman–Crippen MR) is 136 cm³/mol. The second-order valence-electron chi connectivity index (χ2n) is 10.8. The van der Waals surface area contributed by atoms with Gasteiger partial charge in [-0.05, 0) is 57.5 Å². The number of ketones is 1. The van der Waals surface area contributed by atoms with Crippen molar-refractivity contribution in [3.05, 3.63) is 18.2 Å². The average Bonchev–Trinajstić information content (AvgIpc) is 3.18. The first-order valence-electron chi connectivity index (χ1n) is 13.3. The van der Waals surface area contributed by atoms with Crippen LogP contribution in [-0.4, -0.2) is 70.9 Å². The number of aromatic nitrogens is 2. The van der Waals surface area contributed by atoms with E-state index < -0.39 is 5.92 Å². The topological polar surface area (TPSA) is 67.7 Å². The predicted octanol–water partition coefficient (Wildman–Crippen LogP) is 4.16. The van der Waals surface area contributed by atoms with Crippen molar-refractivity contribution in [2.75, 3.05) is 39.8 Å². The lowest BCUT2D eigenvalue weighted by Crippen LogP contribution is -2.36. The van der Waals surface area contributed by atoms with Crippen LogP contribution in [-0.2, 0) is 27.9 Å². The van der Waals surface area contributed by atoms with Crippen molar-refractivity contribution in [3.63, 3.8) is 0 Å². The molecule has 1 aromatic heterocycles. The highest BCUT2D eigenvalue weighted by molar-refractivity contribution is 6.00. The minimum absolute atomic E-state index is 0.0612. The van der Waals surface area contributed by atoms with E-state index in [1.54, 1.807) is 0 Å². The minimum Gasteiger partial charge on any atom is -0.465 e. The quantitative estimate of drug-likeness (QED) is 0.480. The Morgan fingerprint density at radius 2 is 1.79 bits per heavy atom. The second-order valence-corrected chi connectivity index (χ2v) is 10.8. The molecule has 0 aliphatic carbocycles. The molecule has 0 saturated carbocycles. The molecule has 0 aromatic carbocycles. The number of carbonyl (C=O) groups is 2. The fraction of sp³-hybridized carbons (Fsp3) is 0.815. The molecule has 1 fully saturated rings. The first kappa shape index (κ1) is 28.5. The van der Waals surface area contributed by atoms with E-state index in [-0.39, 0.29) is 17.7 Å². The van der Waals surface area contributed by atoms with Crippen LogP contribution in [0.5, 0.6) is 0 Å². The summed E-state index contributed by atoms with van der Waals surface area (Å²) in [7, 11) is 4.21. The Balaban J connectivity index is 2.07. The SMILES string of the molecule is CCCC1C(=O)OCCCCN(Cc2cn(C)cn2)CCN(C)C[C@H](C)C[C@@H](C)C[C@@H](C)C1=O. The highest BCUT2D eigenvalue weighted by atomic mass is 16.5. The second kappa shape index (κ2) is 14.6. The number of ether oxygens (including phenoxy) is 1. The van der Waals surface area contributed by atoms with Gasteiger partial charge in [0.05, 0.1) is 18.6 Å². The lowest BCUT2D eigenvalue weighted by atomic mass is 9.83. The van der Waals surface area contributed by atoms with Crippen molar-refractivity contribution < 1.29 is 14.3 Å². The summed E-state index contributed by atoms with van der Waals surface area (Å²) in [6.45, 7) is 13.7. The van der Waals surface area contributed by atoms with Crippen LogP contribution in [0.4, 0.5) is 0 Å². The lowest BCUT2D eigenvalue weighted by molar-refractivity contribution is -0.153. The van der Waals surface area contributed by atoms with Crippen LogP contribution in [0.2, 0.25) is 0 Å². The van der Waals surface area contributed by atoms with Crippen LogP contribution in [0.15, 0.2) is 12.5 Å². The maximum absolute atomic E-state index is 13.1. The number of hydrogen-bond acceptors (Lipinski definition) is 6. The highest BCUT2D eigenvalue weighted by Crippen LogP contribution is 2.25. The molecule has 194 valence electrons. The van der Waals surface area contributed by atoms with E-state index in [1.165, 1.54) is 0 Å². The Hall–Kier alpha value is -1.73. The Morgan fingerprint density at radius 3 is 2.47 bits per heavy atom. The molecule has 1 aliphatic heterocycles. The summed E-state index contributed by atoms with van der Waals surface area (Å²) < 4.78 is 7.57. The molecule has 0 radical (unpaired) electrons. The summed E-state index contributed by atoms with van der Waals surface area (Å²) in [5, 5.41) is 0. The third-order valence-corrected chi connectivity index (χ3v) is 6.93. The average molecular weight is 477 g/mol. The zero-order chi connectivity index (χ0) is 25.1. The van der Waals surface area contributed by atoms with E-state index in [4.69, 9.17) is 4.74 Å². The Morgan fingerprint density at radius 1 is 1.03 bits per heavy atom. The standard InChI is InChI=1S/C27H48N4O3/c1-7-10-25-26(32)23(4)16-21(2)15-22(3)17-29(5)12-13-31(11-8-9-14-34-27(25)33)19-24-18-30(6)20-28-24/h18,20-23,25H,7-17,19H2,1-6H3/t21-,22-,23-,25?/m1/s1. The number of carbonyl (C=O) groups excluding carboxylic acids is 2. The van der Waals surface area contributed by atoms with Gasteiger partial charge in [-0.2, -0.15) is 0 Å². The molecule has 4 atom stereocenters. The molecule has 34 heavy (non-hydrogen) atoms. The smallest absolute Gasteiger partial charge is 0.316 e. The van der Waals surface area contributed by atoms with Gasteiger partial charge in [0.15, 0.2) is 0 Å². The molecule has 7 heteroatoms. The largest absolute Gasteiger partial charge is 0.465 e. The van der Waals surface area contributed by atoms with Crippen LogP contribution in [0.1, 0.15) is 71.9 Å². The van der Waals surface area contributed by atoms with E-state index in [2.05, 4.69) is 41.9 Å². The Labute approximate surface area is 207 Å². The van der Waals surface area contributed by atoms with E-state index in [0.29, 0.717) is 24.9 Å². The van der Waals surface area contributed by atoms with E-state index in [9.17, 15) is 9.59 Å². The van der Waals surface area contributed by atoms with Crippen molar-refractivity contribution >= 4 is 11.8 Å². The number of hydrogen-bond donors (Lipinski definition) is 0. The van der Waals surface area contributed by atoms with Crippen LogP contribution < -0.4 is 0 Å². The molecule has 0 N–H and O–H groups in total. The normalized spacial score (nSPS) is 28.3. The van der Waals surface area contributed by atoms with Gasteiger partial charge in [0.1, 0.15) is 11.7 Å². The van der Waals surface area contributed by atoms with Crippen molar-refractivity contribution in [1.29, 1.82) is 0 Å². The summed E-state index contributed by atoms with van der Waals surface area (Å²) in [5.41, 5.74) is 1.08. The Kier molecular flexibility index (Phi) is 12.3. The Bertz CT molecular complexity index is 750. The number of nitrogens with zero attached hydrogens (tertiary/aromatic N) is 4. The van der Waals surface area contributed by atoms with Gasteiger partial charge < -0.3 is 14.2 Å². The number of Topliss-reactive ketones (excluding diaryl/α,β-unsaturated/α-hetero) is 1. The molecular formula is C27H48N4O3. The summed E-state index contributed by atoms with van der Waals surface area (Å²) in [6.07, 6.45) is 8.97. The van der Waals surface area contributed by atoms with Crippen LogP contribution in [0.3, 0.4) is 0 Å². The zero-order valence-corrected chi connectivity index (χ0v) is 22.5. The fourth-order valence-electron chi connectivity index (χ4n) is 5.28. The van der Waals surface area contributed by atoms with Gasteiger partial charge in [-0.15, -0.1) is 0 Å². The monoisotopic (exact) mass is 476 g/mol. The molecule has 1 aliphatic rings. The summed E-state index contributed by atoms with van der Waals surface area (Å²) in [4.78, 5) is 35.3. The van der Waals surface area contributed by atoms with Crippen molar-refractivity contribution in [3.8, 4) is 0 Å². The summed E-state index contributed by atoms with van der Waals surface area (Å²) >= 11 is 0. The van der Waals surface area contributed by atoms with Gasteiger partial charge in [0.2, 0.25) is 0 Å². The van der Waals surface area contributed by atoms with Crippen molar-refractivity contribution in [2.24, 2.45) is 30.7 Å². The molecular weight excluding hydrogens is 428 g/mol.